The van der Waals surface area contributed by atoms with Crippen molar-refractivity contribution in [3.63, 3.8) is 0 Å². The third-order valence-electron chi connectivity index (χ3n) is 6.03. The van der Waals surface area contributed by atoms with Gasteiger partial charge in [-0.3, -0.25) is 9.17 Å². The van der Waals surface area contributed by atoms with Gasteiger partial charge in [0.15, 0.2) is 5.65 Å². The van der Waals surface area contributed by atoms with Crippen LogP contribution in [-0.4, -0.2) is 56.2 Å². The molecule has 1 aromatic carbocycles. The summed E-state index contributed by atoms with van der Waals surface area (Å²) in [7, 11) is -7.33. The second kappa shape index (κ2) is 8.33. The smallest absolute Gasteiger partial charge is 0.269 e. The van der Waals surface area contributed by atoms with Gasteiger partial charge < -0.3 is 4.90 Å². The third-order valence-corrected chi connectivity index (χ3v) is 8.34. The molecule has 9 nitrogen and oxygen atoms in total. The molecule has 0 atom stereocenters. The molecule has 4 aromatic rings. The van der Waals surface area contributed by atoms with E-state index in [-0.39, 0.29) is 11.0 Å². The summed E-state index contributed by atoms with van der Waals surface area (Å²) in [6.45, 7) is 3.11. The predicted molar refractivity (Wildman–Crippen MR) is 130 cm³/mol. The molecule has 0 spiro atoms. The Balaban J connectivity index is 1.56. The molecule has 0 amide bonds. The van der Waals surface area contributed by atoms with Gasteiger partial charge in [-0.1, -0.05) is 17.7 Å². The van der Waals surface area contributed by atoms with Crippen molar-refractivity contribution in [2.24, 2.45) is 0 Å². The summed E-state index contributed by atoms with van der Waals surface area (Å²) in [5.74, 6) is 0. The fraction of sp³-hybridized carbons (Fsp3) is 0.304. The van der Waals surface area contributed by atoms with Crippen molar-refractivity contribution in [3.8, 4) is 0 Å². The summed E-state index contributed by atoms with van der Waals surface area (Å²) in [4.78, 5) is 11.2. The second-order valence-electron chi connectivity index (χ2n) is 8.50. The molecule has 0 unspecified atom stereocenters. The van der Waals surface area contributed by atoms with Crippen molar-refractivity contribution in [2.75, 3.05) is 24.2 Å². The van der Waals surface area contributed by atoms with E-state index in [0.29, 0.717) is 42.5 Å². The summed E-state index contributed by atoms with van der Waals surface area (Å²) in [5, 5.41) is 1.50. The minimum atomic E-state index is -3.82. The normalized spacial score (nSPS) is 15.9. The average Bonchev–Trinajstić information content (AvgIpc) is 3.24. The van der Waals surface area contributed by atoms with Crippen LogP contribution in [0.3, 0.4) is 0 Å². The van der Waals surface area contributed by atoms with Gasteiger partial charge in [0.1, 0.15) is 0 Å². The summed E-state index contributed by atoms with van der Waals surface area (Å²) in [5.41, 5.74) is 2.87. The molecule has 178 valence electrons. The molecule has 34 heavy (non-hydrogen) atoms. The number of piperidine rings is 1. The second-order valence-corrected chi connectivity index (χ2v) is 11.9. The molecule has 1 aliphatic heterocycles. The molecular weight excluding hydrogens is 476 g/mol. The minimum Gasteiger partial charge on any atom is -0.371 e. The summed E-state index contributed by atoms with van der Waals surface area (Å²) in [6.07, 6.45) is 6.65. The van der Waals surface area contributed by atoms with Crippen molar-refractivity contribution >= 4 is 47.8 Å². The Labute approximate surface area is 198 Å². The topological polar surface area (TPSA) is 111 Å². The SMILES string of the molecule is Cc1ccc(S(=O)(=O)n2ccc3c4c(N5CCC(OS(C)(=O)=O)CC5)ccnc4cnc32)cc1. The maximum Gasteiger partial charge on any atom is 0.269 e. The fourth-order valence-electron chi connectivity index (χ4n) is 4.41. The van der Waals surface area contributed by atoms with Crippen LogP contribution in [0.1, 0.15) is 18.4 Å². The van der Waals surface area contributed by atoms with Gasteiger partial charge in [0.2, 0.25) is 0 Å². The van der Waals surface area contributed by atoms with Gasteiger partial charge in [0.05, 0.1) is 29.0 Å². The number of benzene rings is 1. The first-order valence-corrected chi connectivity index (χ1v) is 14.1. The Hall–Kier alpha value is -3.02. The molecule has 1 fully saturated rings. The Bertz CT molecular complexity index is 1590. The number of aryl methyl sites for hydroxylation is 1. The Morgan fingerprint density at radius 3 is 2.35 bits per heavy atom. The summed E-state index contributed by atoms with van der Waals surface area (Å²) in [6, 6.07) is 10.4. The van der Waals surface area contributed by atoms with E-state index in [1.165, 1.54) is 10.2 Å². The van der Waals surface area contributed by atoms with E-state index in [9.17, 15) is 16.8 Å². The summed E-state index contributed by atoms with van der Waals surface area (Å²) >= 11 is 0. The third kappa shape index (κ3) is 4.15. The van der Waals surface area contributed by atoms with Crippen molar-refractivity contribution in [1.29, 1.82) is 0 Å². The molecule has 0 radical (unpaired) electrons. The van der Waals surface area contributed by atoms with E-state index in [4.69, 9.17) is 4.18 Å². The van der Waals surface area contributed by atoms with Crippen molar-refractivity contribution in [1.82, 2.24) is 13.9 Å². The van der Waals surface area contributed by atoms with Crippen LogP contribution in [0.2, 0.25) is 0 Å². The van der Waals surface area contributed by atoms with Gasteiger partial charge in [-0.05, 0) is 44.0 Å². The Morgan fingerprint density at radius 2 is 1.68 bits per heavy atom. The fourth-order valence-corrected chi connectivity index (χ4v) is 6.40. The first kappa shape index (κ1) is 22.8. The number of pyridine rings is 2. The maximum atomic E-state index is 13.3. The lowest BCUT2D eigenvalue weighted by Crippen LogP contribution is -2.37. The first-order chi connectivity index (χ1) is 16.1. The van der Waals surface area contributed by atoms with Gasteiger partial charge in [-0.15, -0.1) is 0 Å². The molecule has 0 aliphatic carbocycles. The Morgan fingerprint density at radius 1 is 0.971 bits per heavy atom. The number of anilines is 1. The molecule has 0 bridgehead atoms. The standard InChI is InChI=1S/C23H24N4O5S2/c1-16-3-5-18(6-4-16)34(30,31)27-14-10-19-22-20(15-25-23(19)27)24-11-7-21(22)26-12-8-17(9-13-26)32-33(2,28)29/h3-7,10-11,14-15,17H,8-9,12-13H2,1-2H3. The quantitative estimate of drug-likeness (QED) is 0.385. The number of hydrogen-bond acceptors (Lipinski definition) is 8. The van der Waals surface area contributed by atoms with Crippen LogP contribution in [0.15, 0.2) is 59.9 Å². The average molecular weight is 501 g/mol. The van der Waals surface area contributed by atoms with E-state index >= 15 is 0 Å². The highest BCUT2D eigenvalue weighted by Gasteiger charge is 2.26. The van der Waals surface area contributed by atoms with Crippen molar-refractivity contribution in [2.45, 2.75) is 30.8 Å². The van der Waals surface area contributed by atoms with Crippen molar-refractivity contribution < 1.29 is 21.0 Å². The number of aromatic nitrogens is 3. The van der Waals surface area contributed by atoms with Crippen LogP contribution in [0.4, 0.5) is 5.69 Å². The van der Waals surface area contributed by atoms with Gasteiger partial charge in [-0.25, -0.2) is 17.4 Å². The molecule has 0 N–H and O–H groups in total. The lowest BCUT2D eigenvalue weighted by molar-refractivity contribution is 0.180. The summed E-state index contributed by atoms with van der Waals surface area (Å²) < 4.78 is 56.0. The van der Waals surface area contributed by atoms with Crippen LogP contribution in [0, 0.1) is 6.92 Å². The number of rotatable bonds is 5. The van der Waals surface area contributed by atoms with Crippen LogP contribution >= 0.6 is 0 Å². The molecular formula is C23H24N4O5S2. The van der Waals surface area contributed by atoms with Crippen LogP contribution in [0.25, 0.3) is 21.9 Å². The zero-order chi connectivity index (χ0) is 24.1. The monoisotopic (exact) mass is 500 g/mol. The van der Waals surface area contributed by atoms with Crippen LogP contribution in [-0.2, 0) is 24.3 Å². The highest BCUT2D eigenvalue weighted by molar-refractivity contribution is 7.90. The van der Waals surface area contributed by atoms with Gasteiger partial charge in [0, 0.05) is 41.9 Å². The van der Waals surface area contributed by atoms with Gasteiger partial charge in [-0.2, -0.15) is 8.42 Å². The van der Waals surface area contributed by atoms with Gasteiger partial charge >= 0.3 is 0 Å². The van der Waals surface area contributed by atoms with Crippen LogP contribution < -0.4 is 4.90 Å². The number of nitrogens with zero attached hydrogens (tertiary/aromatic N) is 4. The lowest BCUT2D eigenvalue weighted by atomic mass is 10.1. The van der Waals surface area contributed by atoms with Gasteiger partial charge in [0.25, 0.3) is 20.1 Å². The first-order valence-electron chi connectivity index (χ1n) is 10.8. The van der Waals surface area contributed by atoms with E-state index in [1.54, 1.807) is 42.7 Å². The lowest BCUT2D eigenvalue weighted by Gasteiger charge is -2.33. The van der Waals surface area contributed by atoms with E-state index in [0.717, 1.165) is 22.9 Å². The molecule has 11 heteroatoms. The Kier molecular flexibility index (Phi) is 5.58. The highest BCUT2D eigenvalue weighted by atomic mass is 32.2. The largest absolute Gasteiger partial charge is 0.371 e. The predicted octanol–water partition coefficient (Wildman–Crippen LogP) is 3.07. The molecule has 3 aromatic heterocycles. The molecule has 1 aliphatic rings. The molecule has 4 heterocycles. The zero-order valence-electron chi connectivity index (χ0n) is 18.7. The highest BCUT2D eigenvalue weighted by Crippen LogP contribution is 2.34. The molecule has 5 rings (SSSR count). The van der Waals surface area contributed by atoms with E-state index in [1.807, 2.05) is 13.0 Å². The number of fused-ring (bicyclic) bond motifs is 3. The number of hydrogen-bond donors (Lipinski definition) is 0. The molecule has 1 saturated heterocycles. The van der Waals surface area contributed by atoms with Crippen molar-refractivity contribution in [3.05, 3.63) is 60.6 Å². The zero-order valence-corrected chi connectivity index (χ0v) is 20.4. The maximum absolute atomic E-state index is 13.3. The molecule has 0 saturated carbocycles. The van der Waals surface area contributed by atoms with E-state index < -0.39 is 20.1 Å². The minimum absolute atomic E-state index is 0.192. The van der Waals surface area contributed by atoms with E-state index in [2.05, 4.69) is 14.9 Å². The van der Waals surface area contributed by atoms with Crippen LogP contribution in [0.5, 0.6) is 0 Å².